The van der Waals surface area contributed by atoms with E-state index >= 15 is 0 Å². The zero-order chi connectivity index (χ0) is 27.7. The maximum atomic E-state index is 13.6. The number of hydrogen-bond acceptors (Lipinski definition) is 5. The third kappa shape index (κ3) is 4.82. The molecule has 0 bridgehead atoms. The Hall–Kier alpha value is -4.69. The van der Waals surface area contributed by atoms with Gasteiger partial charge in [0.15, 0.2) is 5.11 Å². The molecule has 4 aromatic rings. The van der Waals surface area contributed by atoms with Crippen LogP contribution in [-0.4, -0.2) is 35.7 Å². The number of nitrogens with zero attached hydrogens (tertiary/aromatic N) is 2. The number of rotatable bonds is 6. The average Bonchev–Trinajstić information content (AvgIpc) is 3.23. The fourth-order valence-electron chi connectivity index (χ4n) is 4.77. The van der Waals surface area contributed by atoms with Gasteiger partial charge in [0.1, 0.15) is 17.1 Å². The van der Waals surface area contributed by atoms with E-state index in [0.29, 0.717) is 17.2 Å². The third-order valence-electron chi connectivity index (χ3n) is 6.73. The molecule has 1 saturated heterocycles. The Kier molecular flexibility index (Phi) is 7.04. The molecule has 0 saturated carbocycles. The molecule has 3 aromatic carbocycles. The van der Waals surface area contributed by atoms with Crippen molar-refractivity contribution in [2.24, 2.45) is 0 Å². The number of hydrogen-bond donors (Lipinski definition) is 1. The molecule has 0 atom stereocenters. The first kappa shape index (κ1) is 25.9. The minimum atomic E-state index is -0.550. The molecule has 0 radical (unpaired) electrons. The standard InChI is InChI=1S/C31H27N3O4S/c1-19-16-23(20(2)33(19)24-12-10-22(11-13-24)21-8-6-5-7-9-21)17-26-29(35)32-31(39)34(30(26)36)27-15-14-25(37-3)18-28(27)38-4/h5-18H,1-4H3,(H,32,35,39)/b26-17-. The highest BCUT2D eigenvalue weighted by Crippen LogP contribution is 2.35. The van der Waals surface area contributed by atoms with Crippen molar-refractivity contribution in [1.82, 2.24) is 9.88 Å². The van der Waals surface area contributed by atoms with Crippen molar-refractivity contribution < 1.29 is 19.1 Å². The fourth-order valence-corrected chi connectivity index (χ4v) is 5.04. The summed E-state index contributed by atoms with van der Waals surface area (Å²) in [6.45, 7) is 3.96. The molecule has 1 fully saturated rings. The summed E-state index contributed by atoms with van der Waals surface area (Å²) in [7, 11) is 3.03. The molecule has 7 nitrogen and oxygen atoms in total. The van der Waals surface area contributed by atoms with Crippen LogP contribution in [0.4, 0.5) is 5.69 Å². The summed E-state index contributed by atoms with van der Waals surface area (Å²) >= 11 is 5.36. The van der Waals surface area contributed by atoms with E-state index in [1.165, 1.54) is 12.0 Å². The second-order valence-electron chi connectivity index (χ2n) is 9.07. The van der Waals surface area contributed by atoms with Crippen molar-refractivity contribution in [2.45, 2.75) is 13.8 Å². The molecule has 1 aliphatic heterocycles. The summed E-state index contributed by atoms with van der Waals surface area (Å²) in [5, 5.41) is 2.62. The number of amides is 2. The SMILES string of the molecule is COc1ccc(N2C(=O)/C(=C\c3cc(C)n(-c4ccc(-c5ccccc5)cc4)c3C)C(=O)NC2=S)c(OC)c1. The Morgan fingerprint density at radius 1 is 0.846 bits per heavy atom. The molecule has 1 aromatic heterocycles. The van der Waals surface area contributed by atoms with Gasteiger partial charge in [-0.25, -0.2) is 4.90 Å². The van der Waals surface area contributed by atoms with Gasteiger partial charge >= 0.3 is 0 Å². The lowest BCUT2D eigenvalue weighted by atomic mass is 10.1. The summed E-state index contributed by atoms with van der Waals surface area (Å²) in [6, 6.07) is 25.5. The molecule has 196 valence electrons. The number of aromatic nitrogens is 1. The number of ether oxygens (including phenoxy) is 2. The summed E-state index contributed by atoms with van der Waals surface area (Å²) in [4.78, 5) is 27.8. The molecule has 0 unspecified atom stereocenters. The van der Waals surface area contributed by atoms with E-state index in [4.69, 9.17) is 21.7 Å². The van der Waals surface area contributed by atoms with Crippen LogP contribution >= 0.6 is 12.2 Å². The van der Waals surface area contributed by atoms with Crippen LogP contribution in [0, 0.1) is 13.8 Å². The average molecular weight is 538 g/mol. The first-order chi connectivity index (χ1) is 18.8. The number of carbonyl (C=O) groups excluding carboxylic acids is 2. The Morgan fingerprint density at radius 3 is 2.21 bits per heavy atom. The van der Waals surface area contributed by atoms with E-state index in [-0.39, 0.29) is 10.7 Å². The lowest BCUT2D eigenvalue weighted by Gasteiger charge is -2.30. The van der Waals surface area contributed by atoms with Crippen molar-refractivity contribution in [3.05, 3.63) is 101 Å². The number of nitrogens with one attached hydrogen (secondary N) is 1. The van der Waals surface area contributed by atoms with E-state index in [1.807, 2.05) is 38.1 Å². The molecular weight excluding hydrogens is 510 g/mol. The minimum Gasteiger partial charge on any atom is -0.497 e. The first-order valence-electron chi connectivity index (χ1n) is 12.3. The van der Waals surface area contributed by atoms with Crippen LogP contribution in [-0.2, 0) is 9.59 Å². The molecule has 8 heteroatoms. The highest BCUT2D eigenvalue weighted by molar-refractivity contribution is 7.80. The van der Waals surface area contributed by atoms with Gasteiger partial charge in [0.2, 0.25) is 0 Å². The number of carbonyl (C=O) groups is 2. The van der Waals surface area contributed by atoms with Crippen LogP contribution in [0.2, 0.25) is 0 Å². The summed E-state index contributed by atoms with van der Waals surface area (Å²) in [5.41, 5.74) is 6.26. The number of thiocarbonyl (C=S) groups is 1. The van der Waals surface area contributed by atoms with Crippen LogP contribution in [0.15, 0.2) is 84.4 Å². The van der Waals surface area contributed by atoms with E-state index < -0.39 is 11.8 Å². The van der Waals surface area contributed by atoms with Crippen LogP contribution in [0.25, 0.3) is 22.9 Å². The van der Waals surface area contributed by atoms with Crippen LogP contribution in [0.5, 0.6) is 11.5 Å². The van der Waals surface area contributed by atoms with Gasteiger partial charge < -0.3 is 14.0 Å². The smallest absolute Gasteiger partial charge is 0.270 e. The molecule has 0 spiro atoms. The van der Waals surface area contributed by atoms with E-state index in [9.17, 15) is 9.59 Å². The molecular formula is C31H27N3O4S. The van der Waals surface area contributed by atoms with E-state index in [0.717, 1.165) is 33.8 Å². The van der Waals surface area contributed by atoms with Crippen molar-refractivity contribution in [3.63, 3.8) is 0 Å². The molecule has 2 amide bonds. The molecule has 1 aliphatic rings. The van der Waals surface area contributed by atoms with Crippen molar-refractivity contribution in [1.29, 1.82) is 0 Å². The summed E-state index contributed by atoms with van der Waals surface area (Å²) in [5.74, 6) is -0.136. The molecule has 1 N–H and O–H groups in total. The molecule has 2 heterocycles. The minimum absolute atomic E-state index is 0.0189. The van der Waals surface area contributed by atoms with Gasteiger partial charge in [-0.05, 0) is 79.2 Å². The van der Waals surface area contributed by atoms with Gasteiger partial charge in [0.05, 0.1) is 19.9 Å². The Bertz CT molecular complexity index is 1620. The second-order valence-corrected chi connectivity index (χ2v) is 9.46. The zero-order valence-electron chi connectivity index (χ0n) is 22.0. The fraction of sp³-hybridized carbons (Fsp3) is 0.129. The van der Waals surface area contributed by atoms with Crippen molar-refractivity contribution >= 4 is 40.9 Å². The lowest BCUT2D eigenvalue weighted by Crippen LogP contribution is -2.54. The topological polar surface area (TPSA) is 72.8 Å². The number of aryl methyl sites for hydroxylation is 1. The Labute approximate surface area is 232 Å². The summed E-state index contributed by atoms with van der Waals surface area (Å²) < 4.78 is 12.8. The number of benzene rings is 3. The highest BCUT2D eigenvalue weighted by Gasteiger charge is 2.36. The van der Waals surface area contributed by atoms with Crippen molar-refractivity contribution in [3.8, 4) is 28.3 Å². The van der Waals surface area contributed by atoms with Gasteiger partial charge in [0, 0.05) is 23.1 Å². The Balaban J connectivity index is 1.50. The van der Waals surface area contributed by atoms with Gasteiger partial charge in [-0.15, -0.1) is 0 Å². The van der Waals surface area contributed by atoms with Gasteiger partial charge in [-0.2, -0.15) is 0 Å². The first-order valence-corrected chi connectivity index (χ1v) is 12.7. The molecule has 39 heavy (non-hydrogen) atoms. The quantitative estimate of drug-likeness (QED) is 0.197. The van der Waals surface area contributed by atoms with Crippen molar-refractivity contribution in [2.75, 3.05) is 19.1 Å². The maximum Gasteiger partial charge on any atom is 0.270 e. The largest absolute Gasteiger partial charge is 0.497 e. The molecule has 5 rings (SSSR count). The highest BCUT2D eigenvalue weighted by atomic mass is 32.1. The second kappa shape index (κ2) is 10.6. The lowest BCUT2D eigenvalue weighted by molar-refractivity contribution is -0.122. The zero-order valence-corrected chi connectivity index (χ0v) is 22.8. The predicted molar refractivity (Wildman–Crippen MR) is 156 cm³/mol. The predicted octanol–water partition coefficient (Wildman–Crippen LogP) is 5.61. The van der Waals surface area contributed by atoms with Crippen LogP contribution in [0.1, 0.15) is 17.0 Å². The summed E-state index contributed by atoms with van der Waals surface area (Å²) in [6.07, 6.45) is 1.61. The van der Waals surface area contributed by atoms with Gasteiger partial charge in [-0.3, -0.25) is 14.9 Å². The number of methoxy groups -OCH3 is 2. The van der Waals surface area contributed by atoms with E-state index in [1.54, 1.807) is 31.4 Å². The van der Waals surface area contributed by atoms with Crippen LogP contribution < -0.4 is 19.7 Å². The van der Waals surface area contributed by atoms with E-state index in [2.05, 4.69) is 46.3 Å². The third-order valence-corrected chi connectivity index (χ3v) is 7.02. The molecule has 0 aliphatic carbocycles. The van der Waals surface area contributed by atoms with Gasteiger partial charge in [0.25, 0.3) is 11.8 Å². The number of anilines is 1. The maximum absolute atomic E-state index is 13.6. The van der Waals surface area contributed by atoms with Gasteiger partial charge in [-0.1, -0.05) is 42.5 Å². The van der Waals surface area contributed by atoms with Crippen LogP contribution in [0.3, 0.4) is 0 Å². The monoisotopic (exact) mass is 537 g/mol. The normalized spacial score (nSPS) is 14.5. The Morgan fingerprint density at radius 2 is 1.54 bits per heavy atom.